The summed E-state index contributed by atoms with van der Waals surface area (Å²) in [5.41, 5.74) is 5.06. The first-order chi connectivity index (χ1) is 2.81. The lowest BCUT2D eigenvalue weighted by Crippen LogP contribution is -2.22. The summed E-state index contributed by atoms with van der Waals surface area (Å²) in [5, 5.41) is 0.552. The van der Waals surface area contributed by atoms with Crippen LogP contribution in [0.25, 0.3) is 0 Å². The van der Waals surface area contributed by atoms with Crippen LogP contribution >= 0.6 is 15.9 Å². The number of aldehydes is 1. The third-order valence-electron chi connectivity index (χ3n) is 0.353. The fourth-order valence-electron chi connectivity index (χ4n) is 0.0364. The van der Waals surface area contributed by atoms with E-state index in [1.54, 1.807) is 0 Å². The fourth-order valence-corrected chi connectivity index (χ4v) is 0.189. The molecule has 0 saturated heterocycles. The Balaban J connectivity index is 2.96. The van der Waals surface area contributed by atoms with E-state index < -0.39 is 0 Å². The average Bonchev–Trinajstić information content (AvgIpc) is 1.65. The highest BCUT2D eigenvalue weighted by Gasteiger charge is 1.90. The summed E-state index contributed by atoms with van der Waals surface area (Å²) < 4.78 is 0. The summed E-state index contributed by atoms with van der Waals surface area (Å²) in [5.74, 6) is 0. The van der Waals surface area contributed by atoms with Gasteiger partial charge in [0.2, 0.25) is 0 Å². The number of alkyl halides is 1. The first kappa shape index (κ1) is 6.11. The molecule has 0 aliphatic heterocycles. The molecule has 2 N–H and O–H groups in total. The molecule has 0 rings (SSSR count). The van der Waals surface area contributed by atoms with Gasteiger partial charge in [-0.15, -0.1) is 0 Å². The molecular formula is C3H6BrNO. The zero-order chi connectivity index (χ0) is 4.99. The lowest BCUT2D eigenvalue weighted by Gasteiger charge is -1.89. The van der Waals surface area contributed by atoms with Gasteiger partial charge in [-0.25, -0.2) is 0 Å². The van der Waals surface area contributed by atoms with E-state index in [9.17, 15) is 4.79 Å². The largest absolute Gasteiger partial charge is 0.321 e. The van der Waals surface area contributed by atoms with Gasteiger partial charge in [0.25, 0.3) is 0 Å². The van der Waals surface area contributed by atoms with Crippen LogP contribution < -0.4 is 5.73 Å². The maximum atomic E-state index is 9.58. The standard InChI is InChI=1S/C3H6BrNO/c4-1-3(5)2-6/h2-3H,1,5H2/t3-/m0/s1. The molecule has 0 aliphatic rings. The van der Waals surface area contributed by atoms with Gasteiger partial charge in [0.05, 0.1) is 6.04 Å². The van der Waals surface area contributed by atoms with Crippen LogP contribution in [0.3, 0.4) is 0 Å². The number of halogens is 1. The van der Waals surface area contributed by atoms with Crippen molar-refractivity contribution in [3.05, 3.63) is 0 Å². The number of hydrogen-bond acceptors (Lipinski definition) is 2. The summed E-state index contributed by atoms with van der Waals surface area (Å²) in [7, 11) is 0. The van der Waals surface area contributed by atoms with E-state index in [0.29, 0.717) is 11.6 Å². The van der Waals surface area contributed by atoms with E-state index in [-0.39, 0.29) is 6.04 Å². The highest BCUT2D eigenvalue weighted by atomic mass is 79.9. The van der Waals surface area contributed by atoms with E-state index in [1.165, 1.54) is 0 Å². The highest BCUT2D eigenvalue weighted by Crippen LogP contribution is 1.79. The molecule has 0 aliphatic carbocycles. The molecule has 0 unspecified atom stereocenters. The quantitative estimate of drug-likeness (QED) is 0.443. The normalized spacial score (nSPS) is 13.7. The van der Waals surface area contributed by atoms with Gasteiger partial charge in [0, 0.05) is 5.33 Å². The molecule has 0 radical (unpaired) electrons. The second kappa shape index (κ2) is 3.31. The van der Waals surface area contributed by atoms with E-state index in [4.69, 9.17) is 5.73 Å². The van der Waals surface area contributed by atoms with Crippen molar-refractivity contribution in [3.63, 3.8) is 0 Å². The Morgan fingerprint density at radius 3 is 2.50 bits per heavy atom. The number of rotatable bonds is 2. The minimum atomic E-state index is -0.329. The smallest absolute Gasteiger partial charge is 0.137 e. The second-order valence-electron chi connectivity index (χ2n) is 0.954. The molecule has 0 aromatic heterocycles. The summed E-state index contributed by atoms with van der Waals surface area (Å²) in [6, 6.07) is -0.329. The third-order valence-corrected chi connectivity index (χ3v) is 1.10. The molecule has 0 aromatic rings. The maximum absolute atomic E-state index is 9.58. The molecule has 0 heterocycles. The van der Waals surface area contributed by atoms with Crippen LogP contribution in [0.2, 0.25) is 0 Å². The van der Waals surface area contributed by atoms with Gasteiger partial charge in [-0.1, -0.05) is 15.9 Å². The molecule has 0 fully saturated rings. The Bertz CT molecular complexity index is 48.1. The van der Waals surface area contributed by atoms with Crippen molar-refractivity contribution in [1.29, 1.82) is 0 Å². The van der Waals surface area contributed by atoms with Crippen molar-refractivity contribution in [3.8, 4) is 0 Å². The molecule has 0 bridgehead atoms. The summed E-state index contributed by atoms with van der Waals surface area (Å²) in [4.78, 5) is 9.58. The predicted octanol–water partition coefficient (Wildman–Crippen LogP) is -0.0925. The lowest BCUT2D eigenvalue weighted by molar-refractivity contribution is -0.108. The van der Waals surface area contributed by atoms with Crippen LogP contribution in [0.4, 0.5) is 0 Å². The van der Waals surface area contributed by atoms with Crippen molar-refractivity contribution in [2.24, 2.45) is 5.73 Å². The Morgan fingerprint density at radius 1 is 2.00 bits per heavy atom. The zero-order valence-corrected chi connectivity index (χ0v) is 4.81. The number of carbonyl (C=O) groups is 1. The van der Waals surface area contributed by atoms with Gasteiger partial charge >= 0.3 is 0 Å². The van der Waals surface area contributed by atoms with Crippen molar-refractivity contribution in [2.75, 3.05) is 5.33 Å². The summed E-state index contributed by atoms with van der Waals surface area (Å²) in [6.45, 7) is 0. The van der Waals surface area contributed by atoms with Crippen LogP contribution in [0, 0.1) is 0 Å². The Labute approximate surface area is 44.8 Å². The summed E-state index contributed by atoms with van der Waals surface area (Å²) >= 11 is 3.02. The van der Waals surface area contributed by atoms with Crippen LogP contribution in [0.1, 0.15) is 0 Å². The maximum Gasteiger partial charge on any atom is 0.137 e. The van der Waals surface area contributed by atoms with Gasteiger partial charge in [-0.3, -0.25) is 0 Å². The molecule has 0 saturated carbocycles. The zero-order valence-electron chi connectivity index (χ0n) is 3.23. The SMILES string of the molecule is N[C@H](C=O)CBr. The van der Waals surface area contributed by atoms with Crippen LogP contribution in [-0.2, 0) is 4.79 Å². The van der Waals surface area contributed by atoms with Crippen molar-refractivity contribution in [1.82, 2.24) is 0 Å². The molecular weight excluding hydrogens is 146 g/mol. The molecule has 0 aromatic carbocycles. The number of carbonyl (C=O) groups excluding carboxylic acids is 1. The monoisotopic (exact) mass is 151 g/mol. The first-order valence-electron chi connectivity index (χ1n) is 1.58. The number of hydrogen-bond donors (Lipinski definition) is 1. The van der Waals surface area contributed by atoms with Crippen molar-refractivity contribution >= 4 is 22.2 Å². The Kier molecular flexibility index (Phi) is 3.37. The average molecular weight is 152 g/mol. The van der Waals surface area contributed by atoms with E-state index in [2.05, 4.69) is 15.9 Å². The minimum Gasteiger partial charge on any atom is -0.321 e. The van der Waals surface area contributed by atoms with E-state index in [0.717, 1.165) is 0 Å². The topological polar surface area (TPSA) is 43.1 Å². The molecule has 0 amide bonds. The van der Waals surface area contributed by atoms with Gasteiger partial charge in [-0.2, -0.15) is 0 Å². The molecule has 3 heteroatoms. The van der Waals surface area contributed by atoms with Gasteiger partial charge in [-0.05, 0) is 0 Å². The Morgan fingerprint density at radius 2 is 2.50 bits per heavy atom. The van der Waals surface area contributed by atoms with Gasteiger partial charge in [0.15, 0.2) is 0 Å². The van der Waals surface area contributed by atoms with Crippen molar-refractivity contribution in [2.45, 2.75) is 6.04 Å². The molecule has 1 atom stereocenters. The molecule has 36 valence electrons. The van der Waals surface area contributed by atoms with E-state index >= 15 is 0 Å². The Hall–Kier alpha value is 0.110. The molecule has 2 nitrogen and oxygen atoms in total. The van der Waals surface area contributed by atoms with Gasteiger partial charge < -0.3 is 10.5 Å². The van der Waals surface area contributed by atoms with Crippen LogP contribution in [-0.4, -0.2) is 17.7 Å². The number of nitrogens with two attached hydrogens (primary N) is 1. The lowest BCUT2D eigenvalue weighted by atomic mass is 10.4. The fraction of sp³-hybridized carbons (Fsp3) is 0.667. The van der Waals surface area contributed by atoms with Crippen LogP contribution in [0.15, 0.2) is 0 Å². The minimum absolute atomic E-state index is 0.329. The third kappa shape index (κ3) is 2.35. The highest BCUT2D eigenvalue weighted by molar-refractivity contribution is 9.09. The van der Waals surface area contributed by atoms with Crippen LogP contribution in [0.5, 0.6) is 0 Å². The first-order valence-corrected chi connectivity index (χ1v) is 2.70. The molecule has 0 spiro atoms. The summed E-state index contributed by atoms with van der Waals surface area (Å²) in [6.07, 6.45) is 0.703. The second-order valence-corrected chi connectivity index (χ2v) is 1.60. The van der Waals surface area contributed by atoms with E-state index in [1.807, 2.05) is 0 Å². The van der Waals surface area contributed by atoms with Crippen molar-refractivity contribution < 1.29 is 4.79 Å². The predicted molar refractivity (Wildman–Crippen MR) is 27.8 cm³/mol. The molecule has 6 heavy (non-hydrogen) atoms. The van der Waals surface area contributed by atoms with Gasteiger partial charge in [0.1, 0.15) is 6.29 Å².